The van der Waals surface area contributed by atoms with E-state index in [4.69, 9.17) is 14.2 Å². The molecule has 0 bridgehead atoms. The van der Waals surface area contributed by atoms with Gasteiger partial charge >= 0.3 is 18.0 Å². The Labute approximate surface area is 219 Å². The number of carbonyl (C=O) groups excluding carboxylic acids is 5. The fourth-order valence-corrected chi connectivity index (χ4v) is 3.59. The van der Waals surface area contributed by atoms with Crippen LogP contribution in [0.3, 0.4) is 0 Å². The normalized spacial score (nSPS) is 11.0. The lowest BCUT2D eigenvalue weighted by Gasteiger charge is -2.21. The molecule has 3 aromatic carbocycles. The second-order valence-electron chi connectivity index (χ2n) is 8.03. The van der Waals surface area contributed by atoms with Crippen molar-refractivity contribution in [1.82, 2.24) is 10.2 Å². The van der Waals surface area contributed by atoms with Gasteiger partial charge in [-0.05, 0) is 29.3 Å². The first-order valence-electron chi connectivity index (χ1n) is 11.4. The molecule has 38 heavy (non-hydrogen) atoms. The number of ether oxygens (including phenoxy) is 3. The Bertz CT molecular complexity index is 1330. The van der Waals surface area contributed by atoms with Crippen LogP contribution in [-0.2, 0) is 25.6 Å². The summed E-state index contributed by atoms with van der Waals surface area (Å²) in [6.45, 7) is 1.05. The van der Waals surface area contributed by atoms with Crippen LogP contribution < -0.4 is 10.1 Å². The van der Waals surface area contributed by atoms with E-state index in [0.717, 1.165) is 18.9 Å². The highest BCUT2D eigenvalue weighted by Crippen LogP contribution is 2.22. The highest BCUT2D eigenvalue weighted by Gasteiger charge is 2.28. The zero-order chi connectivity index (χ0) is 27.7. The van der Waals surface area contributed by atoms with E-state index in [2.05, 4.69) is 5.32 Å². The van der Waals surface area contributed by atoms with Crippen molar-refractivity contribution in [2.24, 2.45) is 0 Å². The molecular formula is C28H26N2O8. The van der Waals surface area contributed by atoms with E-state index in [1.165, 1.54) is 25.3 Å². The van der Waals surface area contributed by atoms with E-state index in [9.17, 15) is 24.0 Å². The molecule has 0 aliphatic carbocycles. The lowest BCUT2D eigenvalue weighted by Crippen LogP contribution is -2.37. The molecule has 0 radical (unpaired) electrons. The highest BCUT2D eigenvalue weighted by molar-refractivity contribution is 6.05. The maximum atomic E-state index is 13.4. The Hall–Kier alpha value is -4.99. The smallest absolute Gasteiger partial charge is 0.416 e. The first kappa shape index (κ1) is 27.6. The van der Waals surface area contributed by atoms with E-state index in [1.807, 2.05) is 0 Å². The van der Waals surface area contributed by atoms with Gasteiger partial charge in [0.2, 0.25) is 0 Å². The van der Waals surface area contributed by atoms with Crippen molar-refractivity contribution in [2.45, 2.75) is 19.5 Å². The van der Waals surface area contributed by atoms with Gasteiger partial charge < -0.3 is 19.5 Å². The molecule has 10 nitrogen and oxygen atoms in total. The number of amides is 3. The summed E-state index contributed by atoms with van der Waals surface area (Å²) in [6.07, 6.45) is -0.919. The van der Waals surface area contributed by atoms with Gasteiger partial charge in [-0.2, -0.15) is 0 Å². The number of esters is 2. The van der Waals surface area contributed by atoms with Crippen molar-refractivity contribution in [3.63, 3.8) is 0 Å². The van der Waals surface area contributed by atoms with Crippen molar-refractivity contribution < 1.29 is 38.2 Å². The van der Waals surface area contributed by atoms with Gasteiger partial charge in [0.25, 0.3) is 11.8 Å². The largest absolute Gasteiger partial charge is 0.467 e. The molecule has 0 saturated carbocycles. The van der Waals surface area contributed by atoms with Gasteiger partial charge in [0, 0.05) is 18.1 Å². The maximum absolute atomic E-state index is 13.4. The molecule has 0 saturated heterocycles. The summed E-state index contributed by atoms with van der Waals surface area (Å²) in [5, 5.41) is 2.58. The first-order valence-corrected chi connectivity index (χ1v) is 11.4. The summed E-state index contributed by atoms with van der Waals surface area (Å²) in [5.41, 5.74) is 0.912. The monoisotopic (exact) mass is 518 g/mol. The molecule has 0 heterocycles. The lowest BCUT2D eigenvalue weighted by atomic mass is 10.0. The summed E-state index contributed by atoms with van der Waals surface area (Å²) in [4.78, 5) is 64.1. The summed E-state index contributed by atoms with van der Waals surface area (Å²) in [7, 11) is 2.33. The third-order valence-electron chi connectivity index (χ3n) is 5.35. The molecule has 1 unspecified atom stereocenters. The molecular weight excluding hydrogens is 492 g/mol. The van der Waals surface area contributed by atoms with Gasteiger partial charge in [-0.15, -0.1) is 0 Å². The molecule has 1 atom stereocenters. The zero-order valence-electron chi connectivity index (χ0n) is 21.0. The van der Waals surface area contributed by atoms with E-state index in [-0.39, 0.29) is 23.4 Å². The van der Waals surface area contributed by atoms with Gasteiger partial charge in [-0.25, -0.2) is 14.5 Å². The van der Waals surface area contributed by atoms with Crippen LogP contribution in [-0.4, -0.2) is 49.0 Å². The molecule has 1 N–H and O–H groups in total. The van der Waals surface area contributed by atoms with E-state index in [0.29, 0.717) is 11.1 Å². The van der Waals surface area contributed by atoms with E-state index in [1.54, 1.807) is 60.7 Å². The quantitative estimate of drug-likeness (QED) is 0.353. The van der Waals surface area contributed by atoms with Crippen LogP contribution in [0.5, 0.6) is 5.75 Å². The molecule has 10 heteroatoms. The third kappa shape index (κ3) is 7.03. The van der Waals surface area contributed by atoms with Crippen molar-refractivity contribution in [3.8, 4) is 5.75 Å². The topological polar surface area (TPSA) is 128 Å². The fraction of sp³-hybridized carbons (Fsp3) is 0.179. The molecule has 0 fully saturated rings. The number of methoxy groups -OCH3 is 2. The minimum absolute atomic E-state index is 0.0959. The Morgan fingerprint density at radius 2 is 1.42 bits per heavy atom. The minimum atomic E-state index is -1.14. The number of hydrogen-bond acceptors (Lipinski definition) is 8. The third-order valence-corrected chi connectivity index (χ3v) is 5.35. The Morgan fingerprint density at radius 3 is 2.00 bits per heavy atom. The Morgan fingerprint density at radius 1 is 0.816 bits per heavy atom. The maximum Gasteiger partial charge on any atom is 0.416 e. The average molecular weight is 519 g/mol. The highest BCUT2D eigenvalue weighted by atomic mass is 16.5. The number of benzene rings is 3. The summed E-state index contributed by atoms with van der Waals surface area (Å²) < 4.78 is 14.8. The Balaban J connectivity index is 1.99. The molecule has 0 aliphatic heterocycles. The van der Waals surface area contributed by atoms with Crippen molar-refractivity contribution >= 4 is 29.8 Å². The number of nitrogens with one attached hydrogen (secondary N) is 1. The van der Waals surface area contributed by atoms with Crippen LogP contribution in [0.15, 0.2) is 78.9 Å². The van der Waals surface area contributed by atoms with Crippen molar-refractivity contribution in [1.29, 1.82) is 0 Å². The van der Waals surface area contributed by atoms with Gasteiger partial charge in [0.15, 0.2) is 6.04 Å². The SMILES string of the molecule is COC(=O)C(NC(=O)c1cc(OC(C)=O)cc(C(=O)N(Cc2ccccc2)C(=O)OC)c1)c1ccccc1. The van der Waals surface area contributed by atoms with Crippen molar-refractivity contribution in [2.75, 3.05) is 14.2 Å². The summed E-state index contributed by atoms with van der Waals surface area (Å²) >= 11 is 0. The Kier molecular flexibility index (Phi) is 9.31. The molecule has 0 aromatic heterocycles. The van der Waals surface area contributed by atoms with Gasteiger partial charge in [-0.1, -0.05) is 60.7 Å². The molecule has 3 amide bonds. The molecule has 0 aliphatic rings. The van der Waals surface area contributed by atoms with Crippen molar-refractivity contribution in [3.05, 3.63) is 101 Å². The van der Waals surface area contributed by atoms with Gasteiger partial charge in [0.1, 0.15) is 5.75 Å². The molecule has 3 rings (SSSR count). The van der Waals surface area contributed by atoms with Gasteiger partial charge in [0.05, 0.1) is 20.8 Å². The number of hydrogen-bond donors (Lipinski definition) is 1. The van der Waals surface area contributed by atoms with Gasteiger partial charge in [-0.3, -0.25) is 14.4 Å². The second kappa shape index (κ2) is 12.8. The van der Waals surface area contributed by atoms with Crippen LogP contribution in [0.1, 0.15) is 44.8 Å². The number of rotatable bonds is 8. The van der Waals surface area contributed by atoms with E-state index < -0.39 is 35.9 Å². The molecule has 0 spiro atoms. The summed E-state index contributed by atoms with van der Waals surface area (Å²) in [5.74, 6) is -3.05. The predicted octanol–water partition coefficient (Wildman–Crippen LogP) is 3.66. The second-order valence-corrected chi connectivity index (χ2v) is 8.03. The van der Waals surface area contributed by atoms with Crippen LogP contribution in [0.25, 0.3) is 0 Å². The first-order chi connectivity index (χ1) is 18.2. The lowest BCUT2D eigenvalue weighted by molar-refractivity contribution is -0.143. The van der Waals surface area contributed by atoms with E-state index >= 15 is 0 Å². The summed E-state index contributed by atoms with van der Waals surface area (Å²) in [6, 6.07) is 19.8. The van der Waals surface area contributed by atoms with Crippen LogP contribution in [0.4, 0.5) is 4.79 Å². The van der Waals surface area contributed by atoms with Crippen LogP contribution in [0.2, 0.25) is 0 Å². The van der Waals surface area contributed by atoms with Crippen LogP contribution >= 0.6 is 0 Å². The van der Waals surface area contributed by atoms with Crippen LogP contribution in [0, 0.1) is 0 Å². The standard InChI is InChI=1S/C28H26N2O8/c1-18(31)38-23-15-21(25(32)29-24(27(34)36-2)20-12-8-5-9-13-20)14-22(16-23)26(33)30(28(35)37-3)17-19-10-6-4-7-11-19/h4-16,24H,17H2,1-3H3,(H,29,32). The molecule has 3 aromatic rings. The zero-order valence-corrected chi connectivity index (χ0v) is 21.0. The average Bonchev–Trinajstić information content (AvgIpc) is 2.93. The number of carbonyl (C=O) groups is 5. The fourth-order valence-electron chi connectivity index (χ4n) is 3.59. The number of nitrogens with zero attached hydrogens (tertiary/aromatic N) is 1. The number of imide groups is 1. The minimum Gasteiger partial charge on any atom is -0.467 e. The predicted molar refractivity (Wildman–Crippen MR) is 135 cm³/mol. The molecule has 196 valence electrons.